The monoisotopic (exact) mass is 319 g/mol. The van der Waals surface area contributed by atoms with Gasteiger partial charge in [0.2, 0.25) is 5.78 Å². The van der Waals surface area contributed by atoms with Crippen molar-refractivity contribution in [2.45, 2.75) is 13.5 Å². The molecule has 0 fully saturated rings. The third kappa shape index (κ3) is 3.12. The summed E-state index contributed by atoms with van der Waals surface area (Å²) in [6.07, 6.45) is 4.94. The predicted octanol–water partition coefficient (Wildman–Crippen LogP) is 3.14. The van der Waals surface area contributed by atoms with Crippen molar-refractivity contribution in [2.75, 3.05) is 5.73 Å². The summed E-state index contributed by atoms with van der Waals surface area (Å²) in [5, 5.41) is 4.12. The van der Waals surface area contributed by atoms with E-state index in [2.05, 4.69) is 21.0 Å². The Labute approximate surface area is 120 Å². The molecule has 0 aliphatic rings. The van der Waals surface area contributed by atoms with E-state index >= 15 is 0 Å². The van der Waals surface area contributed by atoms with Gasteiger partial charge in [0.15, 0.2) is 0 Å². The van der Waals surface area contributed by atoms with Crippen LogP contribution in [-0.2, 0) is 6.54 Å². The lowest BCUT2D eigenvalue weighted by Gasteiger charge is -2.01. The van der Waals surface area contributed by atoms with Crippen molar-refractivity contribution < 1.29 is 4.79 Å². The quantitative estimate of drug-likeness (QED) is 0.535. The fourth-order valence-corrected chi connectivity index (χ4v) is 2.20. The lowest BCUT2D eigenvalue weighted by Crippen LogP contribution is -2.07. The number of aryl methyl sites for hydroxylation is 1. The summed E-state index contributed by atoms with van der Waals surface area (Å²) in [5.41, 5.74) is 7.81. The zero-order valence-electron chi connectivity index (χ0n) is 10.5. The Bertz CT molecular complexity index is 614. The molecule has 0 aliphatic carbocycles. The Morgan fingerprint density at radius 1 is 1.42 bits per heavy atom. The molecule has 4 nitrogen and oxygen atoms in total. The highest BCUT2D eigenvalue weighted by molar-refractivity contribution is 9.10. The summed E-state index contributed by atoms with van der Waals surface area (Å²) >= 11 is 3.34. The number of benzene rings is 1. The van der Waals surface area contributed by atoms with Gasteiger partial charge in [-0.2, -0.15) is 5.10 Å². The van der Waals surface area contributed by atoms with Crippen molar-refractivity contribution >= 4 is 33.5 Å². The number of carbonyl (C=O) groups excluding carboxylic acids is 1. The fraction of sp³-hybridized carbons (Fsp3) is 0.143. The zero-order valence-corrected chi connectivity index (χ0v) is 12.1. The van der Waals surface area contributed by atoms with E-state index in [0.29, 0.717) is 22.4 Å². The highest BCUT2D eigenvalue weighted by atomic mass is 79.9. The number of anilines is 1. The maximum Gasteiger partial charge on any atom is 0.205 e. The van der Waals surface area contributed by atoms with Gasteiger partial charge in [-0.15, -0.1) is 0 Å². The normalized spacial score (nSPS) is 11.1. The second kappa shape index (κ2) is 5.84. The van der Waals surface area contributed by atoms with E-state index in [-0.39, 0.29) is 5.78 Å². The first kappa shape index (κ1) is 13.5. The van der Waals surface area contributed by atoms with Crippen LogP contribution < -0.4 is 5.73 Å². The highest BCUT2D eigenvalue weighted by Gasteiger charge is 2.13. The van der Waals surface area contributed by atoms with Crippen LogP contribution in [0.4, 0.5) is 5.69 Å². The van der Waals surface area contributed by atoms with Crippen molar-refractivity contribution in [1.29, 1.82) is 0 Å². The molecule has 1 heterocycles. The van der Waals surface area contributed by atoms with Gasteiger partial charge in [-0.25, -0.2) is 0 Å². The molecule has 1 aromatic heterocycles. The predicted molar refractivity (Wildman–Crippen MR) is 79.8 cm³/mol. The van der Waals surface area contributed by atoms with Crippen LogP contribution in [0.1, 0.15) is 23.0 Å². The number of hydrogen-bond donors (Lipinski definition) is 1. The summed E-state index contributed by atoms with van der Waals surface area (Å²) in [7, 11) is 0. The van der Waals surface area contributed by atoms with Crippen molar-refractivity contribution in [3.05, 3.63) is 52.3 Å². The molecule has 0 saturated carbocycles. The molecule has 0 amide bonds. The molecule has 2 rings (SSSR count). The molecule has 98 valence electrons. The third-order valence-electron chi connectivity index (χ3n) is 2.69. The van der Waals surface area contributed by atoms with E-state index in [1.807, 2.05) is 19.1 Å². The number of carbonyl (C=O) groups is 1. The molecule has 0 spiro atoms. The number of hydrogen-bond acceptors (Lipinski definition) is 3. The highest BCUT2D eigenvalue weighted by Crippen LogP contribution is 2.17. The van der Waals surface area contributed by atoms with Crippen LogP contribution in [-0.4, -0.2) is 15.6 Å². The van der Waals surface area contributed by atoms with Crippen LogP contribution in [0.5, 0.6) is 0 Å². The van der Waals surface area contributed by atoms with E-state index in [1.165, 1.54) is 0 Å². The van der Waals surface area contributed by atoms with Crippen molar-refractivity contribution in [3.8, 4) is 0 Å². The minimum absolute atomic E-state index is 0.0805. The molecule has 1 aromatic carbocycles. The van der Waals surface area contributed by atoms with Gasteiger partial charge in [0, 0.05) is 12.2 Å². The first-order valence-corrected chi connectivity index (χ1v) is 6.70. The largest absolute Gasteiger partial charge is 0.399 e. The molecular formula is C14H14BrN3O. The summed E-state index contributed by atoms with van der Waals surface area (Å²) in [5.74, 6) is -0.0805. The van der Waals surface area contributed by atoms with Crippen LogP contribution in [0.3, 0.4) is 0 Å². The average Bonchev–Trinajstić information content (AvgIpc) is 2.79. The summed E-state index contributed by atoms with van der Waals surface area (Å²) in [6, 6.07) is 7.34. The number of aromatic nitrogens is 2. The van der Waals surface area contributed by atoms with Gasteiger partial charge < -0.3 is 5.73 Å². The minimum atomic E-state index is -0.0805. The van der Waals surface area contributed by atoms with Gasteiger partial charge in [0.05, 0.1) is 10.7 Å². The third-order valence-corrected chi connectivity index (χ3v) is 3.27. The molecule has 2 aromatic rings. The molecule has 0 radical (unpaired) electrons. The van der Waals surface area contributed by atoms with Crippen LogP contribution in [0.25, 0.3) is 6.08 Å². The van der Waals surface area contributed by atoms with Gasteiger partial charge in [-0.05, 0) is 46.6 Å². The first-order valence-electron chi connectivity index (χ1n) is 5.91. The van der Waals surface area contributed by atoms with Gasteiger partial charge in [-0.3, -0.25) is 9.48 Å². The summed E-state index contributed by atoms with van der Waals surface area (Å²) < 4.78 is 2.38. The SMILES string of the molecule is CCn1ncc(Br)c1C(=O)/C=C/c1ccc(N)cc1. The second-order valence-electron chi connectivity index (χ2n) is 4.02. The molecule has 0 atom stereocenters. The lowest BCUT2D eigenvalue weighted by atomic mass is 10.1. The molecule has 0 bridgehead atoms. The van der Waals surface area contributed by atoms with Crippen LogP contribution in [0, 0.1) is 0 Å². The van der Waals surface area contributed by atoms with Crippen LogP contribution >= 0.6 is 15.9 Å². The lowest BCUT2D eigenvalue weighted by molar-refractivity contribution is 0.103. The summed E-state index contributed by atoms with van der Waals surface area (Å²) in [4.78, 5) is 12.1. The van der Waals surface area contributed by atoms with Gasteiger partial charge in [0.25, 0.3) is 0 Å². The zero-order chi connectivity index (χ0) is 13.8. The molecule has 19 heavy (non-hydrogen) atoms. The maximum atomic E-state index is 12.1. The van der Waals surface area contributed by atoms with E-state index in [4.69, 9.17) is 5.73 Å². The second-order valence-corrected chi connectivity index (χ2v) is 4.88. The topological polar surface area (TPSA) is 60.9 Å². The standard InChI is InChI=1S/C14H14BrN3O/c1-2-18-14(12(15)9-17-18)13(19)8-5-10-3-6-11(16)7-4-10/h3-9H,2,16H2,1H3/b8-5+. The Kier molecular flexibility index (Phi) is 4.16. The number of halogens is 1. The molecule has 2 N–H and O–H groups in total. The number of nitrogen functional groups attached to an aromatic ring is 1. The van der Waals surface area contributed by atoms with E-state index in [9.17, 15) is 4.79 Å². The van der Waals surface area contributed by atoms with Crippen LogP contribution in [0.2, 0.25) is 0 Å². The number of nitrogens with zero attached hydrogens (tertiary/aromatic N) is 2. The Hall–Kier alpha value is -1.88. The average molecular weight is 320 g/mol. The molecule has 5 heteroatoms. The van der Waals surface area contributed by atoms with E-state index < -0.39 is 0 Å². The number of nitrogens with two attached hydrogens (primary N) is 1. The van der Waals surface area contributed by atoms with Crippen molar-refractivity contribution in [1.82, 2.24) is 9.78 Å². The molecule has 0 aliphatic heterocycles. The van der Waals surface area contributed by atoms with E-state index in [1.54, 1.807) is 35.2 Å². The van der Waals surface area contributed by atoms with E-state index in [0.717, 1.165) is 5.56 Å². The number of ketones is 1. The summed E-state index contributed by atoms with van der Waals surface area (Å²) in [6.45, 7) is 2.60. The van der Waals surface area contributed by atoms with Gasteiger partial charge in [-0.1, -0.05) is 18.2 Å². The van der Waals surface area contributed by atoms with Crippen LogP contribution in [0.15, 0.2) is 41.0 Å². The number of allylic oxidation sites excluding steroid dienone is 1. The van der Waals surface area contributed by atoms with Gasteiger partial charge >= 0.3 is 0 Å². The Morgan fingerprint density at radius 3 is 2.74 bits per heavy atom. The molecule has 0 unspecified atom stereocenters. The van der Waals surface area contributed by atoms with Gasteiger partial charge in [0.1, 0.15) is 5.69 Å². The minimum Gasteiger partial charge on any atom is -0.399 e. The van der Waals surface area contributed by atoms with Crippen molar-refractivity contribution in [3.63, 3.8) is 0 Å². The molecular weight excluding hydrogens is 306 g/mol. The smallest absolute Gasteiger partial charge is 0.205 e. The number of rotatable bonds is 4. The molecule has 0 saturated heterocycles. The maximum absolute atomic E-state index is 12.1. The van der Waals surface area contributed by atoms with Crippen molar-refractivity contribution in [2.24, 2.45) is 0 Å². The first-order chi connectivity index (χ1) is 9.11. The Balaban J connectivity index is 2.21. The fourth-order valence-electron chi connectivity index (χ4n) is 1.71. The Morgan fingerprint density at radius 2 is 2.11 bits per heavy atom.